The second kappa shape index (κ2) is 7.62. The minimum absolute atomic E-state index is 0.0652. The highest BCUT2D eigenvalue weighted by Gasteiger charge is 2.29. The maximum Gasteiger partial charge on any atom is 0.246 e. The van der Waals surface area contributed by atoms with Gasteiger partial charge in [0.25, 0.3) is 0 Å². The van der Waals surface area contributed by atoms with Crippen molar-refractivity contribution in [3.05, 3.63) is 0 Å². The molecule has 114 valence electrons. The molecule has 2 aliphatic rings. The van der Waals surface area contributed by atoms with Gasteiger partial charge in [-0.25, -0.2) is 0 Å². The maximum atomic E-state index is 12.4. The van der Waals surface area contributed by atoms with Gasteiger partial charge in [-0.2, -0.15) is 0 Å². The molecular weight excluding hydrogens is 256 g/mol. The van der Waals surface area contributed by atoms with Crippen molar-refractivity contribution >= 4 is 11.8 Å². The van der Waals surface area contributed by atoms with Gasteiger partial charge in [0, 0.05) is 32.2 Å². The molecule has 2 fully saturated rings. The molecule has 5 heteroatoms. The van der Waals surface area contributed by atoms with Gasteiger partial charge < -0.3 is 15.0 Å². The fraction of sp³-hybridized carbons (Fsp3) is 0.867. The van der Waals surface area contributed by atoms with E-state index in [1.54, 1.807) is 0 Å². The lowest BCUT2D eigenvalue weighted by molar-refractivity contribution is -0.137. The van der Waals surface area contributed by atoms with Crippen LogP contribution < -0.4 is 5.32 Å². The Kier molecular flexibility index (Phi) is 5.83. The Morgan fingerprint density at radius 3 is 2.35 bits per heavy atom. The van der Waals surface area contributed by atoms with Crippen molar-refractivity contribution in [2.24, 2.45) is 5.92 Å². The summed E-state index contributed by atoms with van der Waals surface area (Å²) in [6.07, 6.45) is 7.49. The number of hydrogen-bond donors (Lipinski definition) is 1. The van der Waals surface area contributed by atoms with Gasteiger partial charge in [-0.1, -0.05) is 19.3 Å². The van der Waals surface area contributed by atoms with Gasteiger partial charge in [-0.05, 0) is 25.7 Å². The Labute approximate surface area is 121 Å². The summed E-state index contributed by atoms with van der Waals surface area (Å²) < 4.78 is 4.81. The molecule has 0 aromatic carbocycles. The molecule has 1 aliphatic carbocycles. The van der Waals surface area contributed by atoms with Crippen molar-refractivity contribution in [1.82, 2.24) is 10.2 Å². The van der Waals surface area contributed by atoms with E-state index in [-0.39, 0.29) is 24.5 Å². The topological polar surface area (TPSA) is 58.6 Å². The van der Waals surface area contributed by atoms with Crippen LogP contribution in [0.3, 0.4) is 0 Å². The Morgan fingerprint density at radius 1 is 1.10 bits per heavy atom. The molecule has 0 aromatic rings. The zero-order valence-corrected chi connectivity index (χ0v) is 12.4. The molecule has 2 rings (SSSR count). The normalized spacial score (nSPS) is 21.8. The van der Waals surface area contributed by atoms with Crippen LogP contribution >= 0.6 is 0 Å². The molecule has 20 heavy (non-hydrogen) atoms. The number of amides is 2. The number of rotatable bonds is 4. The van der Waals surface area contributed by atoms with Gasteiger partial charge in [0.15, 0.2) is 0 Å². The largest absolute Gasteiger partial charge is 0.375 e. The lowest BCUT2D eigenvalue weighted by Gasteiger charge is -2.35. The predicted molar refractivity (Wildman–Crippen MR) is 76.2 cm³/mol. The molecular formula is C15H26N2O3. The number of methoxy groups -OCH3 is 1. The molecule has 1 saturated heterocycles. The van der Waals surface area contributed by atoms with Crippen molar-refractivity contribution in [1.29, 1.82) is 0 Å². The summed E-state index contributed by atoms with van der Waals surface area (Å²) in [7, 11) is 1.52. The Bertz CT molecular complexity index is 332. The van der Waals surface area contributed by atoms with Crippen LogP contribution in [0.5, 0.6) is 0 Å². The molecule has 0 bridgehead atoms. The standard InChI is InChI=1S/C15H26N2O3/c1-20-11-14(18)16-13-7-9-17(10-8-13)15(19)12-5-3-2-4-6-12/h12-13H,2-11H2,1H3,(H,16,18). The van der Waals surface area contributed by atoms with Crippen LogP contribution in [-0.2, 0) is 14.3 Å². The van der Waals surface area contributed by atoms with E-state index in [9.17, 15) is 9.59 Å². The molecule has 5 nitrogen and oxygen atoms in total. The first-order valence-corrected chi connectivity index (χ1v) is 7.78. The summed E-state index contributed by atoms with van der Waals surface area (Å²) in [6.45, 7) is 1.65. The minimum atomic E-state index is -0.0652. The Balaban J connectivity index is 1.73. The Morgan fingerprint density at radius 2 is 1.75 bits per heavy atom. The highest BCUT2D eigenvalue weighted by Crippen LogP contribution is 2.26. The first-order chi connectivity index (χ1) is 9.70. The van der Waals surface area contributed by atoms with Gasteiger partial charge in [0.05, 0.1) is 0 Å². The van der Waals surface area contributed by atoms with Crippen LogP contribution in [0.1, 0.15) is 44.9 Å². The average molecular weight is 282 g/mol. The van der Waals surface area contributed by atoms with E-state index in [1.807, 2.05) is 4.90 Å². The van der Waals surface area contributed by atoms with Crippen molar-refractivity contribution < 1.29 is 14.3 Å². The number of ether oxygens (including phenoxy) is 1. The fourth-order valence-corrected chi connectivity index (χ4v) is 3.25. The predicted octanol–water partition coefficient (Wildman–Crippen LogP) is 1.32. The van der Waals surface area contributed by atoms with Crippen LogP contribution in [0.15, 0.2) is 0 Å². The summed E-state index contributed by atoms with van der Waals surface area (Å²) in [6, 6.07) is 0.188. The lowest BCUT2D eigenvalue weighted by atomic mass is 9.87. The molecule has 1 aliphatic heterocycles. The van der Waals surface area contributed by atoms with Crippen molar-refractivity contribution in [2.45, 2.75) is 51.0 Å². The number of carbonyl (C=O) groups excluding carboxylic acids is 2. The zero-order chi connectivity index (χ0) is 14.4. The molecule has 0 aromatic heterocycles. The third-order valence-corrected chi connectivity index (χ3v) is 4.40. The van der Waals surface area contributed by atoms with Gasteiger partial charge in [0.2, 0.25) is 11.8 Å². The highest BCUT2D eigenvalue weighted by molar-refractivity contribution is 5.79. The minimum Gasteiger partial charge on any atom is -0.375 e. The second-order valence-corrected chi connectivity index (χ2v) is 5.94. The summed E-state index contributed by atoms with van der Waals surface area (Å²) in [5, 5.41) is 2.96. The number of carbonyl (C=O) groups is 2. The van der Waals surface area contributed by atoms with Gasteiger partial charge in [-0.15, -0.1) is 0 Å². The third kappa shape index (κ3) is 4.20. The number of nitrogens with zero attached hydrogens (tertiary/aromatic N) is 1. The zero-order valence-electron chi connectivity index (χ0n) is 12.4. The third-order valence-electron chi connectivity index (χ3n) is 4.40. The summed E-state index contributed by atoms with van der Waals surface area (Å²) in [5.41, 5.74) is 0. The average Bonchev–Trinajstić information content (AvgIpc) is 2.48. The van der Waals surface area contributed by atoms with E-state index in [2.05, 4.69) is 5.32 Å². The molecule has 0 spiro atoms. The molecule has 2 amide bonds. The van der Waals surface area contributed by atoms with E-state index < -0.39 is 0 Å². The van der Waals surface area contributed by atoms with Gasteiger partial charge in [-0.3, -0.25) is 9.59 Å². The lowest BCUT2D eigenvalue weighted by Crippen LogP contribution is -2.48. The molecule has 0 radical (unpaired) electrons. The fourth-order valence-electron chi connectivity index (χ4n) is 3.25. The monoisotopic (exact) mass is 282 g/mol. The number of likely N-dealkylation sites (tertiary alicyclic amines) is 1. The molecule has 1 saturated carbocycles. The summed E-state index contributed by atoms with van der Waals surface area (Å²) in [4.78, 5) is 25.9. The second-order valence-electron chi connectivity index (χ2n) is 5.94. The molecule has 0 unspecified atom stereocenters. The SMILES string of the molecule is COCC(=O)NC1CCN(C(=O)C2CCCCC2)CC1. The highest BCUT2D eigenvalue weighted by atomic mass is 16.5. The summed E-state index contributed by atoms with van der Waals surface area (Å²) in [5.74, 6) is 0.527. The van der Waals surface area contributed by atoms with E-state index in [0.717, 1.165) is 38.8 Å². The van der Waals surface area contributed by atoms with E-state index in [4.69, 9.17) is 4.74 Å². The quantitative estimate of drug-likeness (QED) is 0.846. The van der Waals surface area contributed by atoms with Crippen molar-refractivity contribution in [3.8, 4) is 0 Å². The van der Waals surface area contributed by atoms with Gasteiger partial charge in [0.1, 0.15) is 6.61 Å². The number of nitrogens with one attached hydrogen (secondary N) is 1. The number of piperidine rings is 1. The van der Waals surface area contributed by atoms with Crippen LogP contribution in [0.25, 0.3) is 0 Å². The molecule has 1 N–H and O–H groups in total. The first kappa shape index (κ1) is 15.3. The van der Waals surface area contributed by atoms with Crippen LogP contribution in [0, 0.1) is 5.92 Å². The van der Waals surface area contributed by atoms with Crippen molar-refractivity contribution in [2.75, 3.05) is 26.8 Å². The summed E-state index contributed by atoms with van der Waals surface area (Å²) >= 11 is 0. The Hall–Kier alpha value is -1.10. The van der Waals surface area contributed by atoms with E-state index in [1.165, 1.54) is 26.4 Å². The van der Waals surface area contributed by atoms with Crippen LogP contribution in [0.2, 0.25) is 0 Å². The smallest absolute Gasteiger partial charge is 0.246 e. The first-order valence-electron chi connectivity index (χ1n) is 7.78. The van der Waals surface area contributed by atoms with Gasteiger partial charge >= 0.3 is 0 Å². The molecule has 0 atom stereocenters. The molecule has 1 heterocycles. The maximum absolute atomic E-state index is 12.4. The van der Waals surface area contributed by atoms with E-state index >= 15 is 0 Å². The van der Waals surface area contributed by atoms with E-state index in [0.29, 0.717) is 5.91 Å². The number of hydrogen-bond acceptors (Lipinski definition) is 3. The van der Waals surface area contributed by atoms with Crippen LogP contribution in [-0.4, -0.2) is 49.6 Å². The van der Waals surface area contributed by atoms with Crippen LogP contribution in [0.4, 0.5) is 0 Å². The van der Waals surface area contributed by atoms with Crippen molar-refractivity contribution in [3.63, 3.8) is 0 Å².